The topological polar surface area (TPSA) is 57.2 Å². The molecule has 0 spiro atoms. The lowest BCUT2D eigenvalue weighted by molar-refractivity contribution is -0.597. The third-order valence-electron chi connectivity index (χ3n) is 8.24. The predicted octanol–water partition coefficient (Wildman–Crippen LogP) is 7.69. The average Bonchev–Trinajstić information content (AvgIpc) is 3.00. The van der Waals surface area contributed by atoms with Gasteiger partial charge in [0.15, 0.2) is 17.3 Å². The first-order chi connectivity index (χ1) is 22.8. The van der Waals surface area contributed by atoms with Crippen LogP contribution in [-0.2, 0) is 20.9 Å². The molecular formula is C30H30F17IO3S. The number of alkyl halides is 17. The predicted molar refractivity (Wildman–Crippen MR) is 147 cm³/mol. The van der Waals surface area contributed by atoms with E-state index in [1.165, 1.54) is 31.1 Å². The van der Waals surface area contributed by atoms with E-state index in [2.05, 4.69) is 90.1 Å². The van der Waals surface area contributed by atoms with E-state index in [0.29, 0.717) is 0 Å². The van der Waals surface area contributed by atoms with Crippen molar-refractivity contribution in [3.8, 4) is 0 Å². The standard InChI is InChI=1S/C22H30I.C8HF17O3S/c1-7-21(3,4)17-9-13-19(14-10-17)23-20-15-11-18(12-16-20)22(5,6)8-2;9-1(10,3(13,14)5(17,18)7(21,22)23)2(11,12)4(15,16)6(19,20)8(24,25)29(26,27)28/h9-16H,7-8H2,1-6H3;(H,26,27,28)/q+1;/p-1. The Labute approximate surface area is 297 Å². The number of rotatable bonds is 13. The van der Waals surface area contributed by atoms with Crippen molar-refractivity contribution in [2.24, 2.45) is 0 Å². The molecule has 0 unspecified atom stereocenters. The Bertz CT molecular complexity index is 1560. The monoisotopic (exact) mass is 920 g/mol. The average molecular weight is 921 g/mol. The summed E-state index contributed by atoms with van der Waals surface area (Å²) in [7, 11) is -8.14. The summed E-state index contributed by atoms with van der Waals surface area (Å²) in [5, 5.41) is -7.95. The molecule has 2 aromatic carbocycles. The summed E-state index contributed by atoms with van der Waals surface area (Å²) in [5.74, 6) is -52.1. The maximum Gasteiger partial charge on any atom is 0.460 e. The van der Waals surface area contributed by atoms with Gasteiger partial charge in [-0.15, -0.1) is 0 Å². The molecule has 0 amide bonds. The molecule has 0 fully saturated rings. The van der Waals surface area contributed by atoms with Gasteiger partial charge in [-0.3, -0.25) is 0 Å². The molecule has 0 aliphatic heterocycles. The molecule has 0 aliphatic carbocycles. The molecule has 2 aromatic rings. The van der Waals surface area contributed by atoms with Gasteiger partial charge in [-0.1, -0.05) is 65.8 Å². The van der Waals surface area contributed by atoms with E-state index >= 15 is 0 Å². The molecule has 0 aromatic heterocycles. The Morgan fingerprint density at radius 2 is 0.731 bits per heavy atom. The molecule has 300 valence electrons. The fourth-order valence-electron chi connectivity index (χ4n) is 3.77. The Balaban J connectivity index is 0.000000532. The van der Waals surface area contributed by atoms with Crippen molar-refractivity contribution in [2.45, 2.75) is 112 Å². The smallest absolute Gasteiger partial charge is 0.460 e. The second-order valence-electron chi connectivity index (χ2n) is 12.5. The molecule has 0 heterocycles. The molecule has 2 rings (SSSR count). The Morgan fingerprint density at radius 3 is 0.962 bits per heavy atom. The van der Waals surface area contributed by atoms with Crippen molar-refractivity contribution in [3.63, 3.8) is 0 Å². The number of hydrogen-bond donors (Lipinski definition) is 0. The molecule has 0 saturated carbocycles. The van der Waals surface area contributed by atoms with Gasteiger partial charge in [0.1, 0.15) is 0 Å². The maximum absolute atomic E-state index is 13.0. The minimum absolute atomic E-state index is 0.0793. The number of benzene rings is 2. The summed E-state index contributed by atoms with van der Waals surface area (Å²) < 4.78 is 247. The van der Waals surface area contributed by atoms with Crippen LogP contribution in [0.25, 0.3) is 0 Å². The van der Waals surface area contributed by atoms with E-state index in [1.54, 1.807) is 0 Å². The quantitative estimate of drug-likeness (QED) is 0.118. The zero-order valence-electron chi connectivity index (χ0n) is 27.5. The highest BCUT2D eigenvalue weighted by Gasteiger charge is 2.95. The second kappa shape index (κ2) is 14.9. The van der Waals surface area contributed by atoms with Crippen LogP contribution in [0, 0.1) is 7.14 Å². The maximum atomic E-state index is 13.0. The van der Waals surface area contributed by atoms with Gasteiger partial charge in [0.2, 0.25) is 0 Å². The van der Waals surface area contributed by atoms with Gasteiger partial charge in [0, 0.05) is 0 Å². The lowest BCUT2D eigenvalue weighted by Gasteiger charge is -2.42. The minimum atomic E-state index is -8.92. The highest BCUT2D eigenvalue weighted by atomic mass is 127. The van der Waals surface area contributed by atoms with Gasteiger partial charge in [-0.05, 0) is 59.1 Å². The van der Waals surface area contributed by atoms with Gasteiger partial charge in [0.05, 0.1) is 0 Å². The van der Waals surface area contributed by atoms with Gasteiger partial charge < -0.3 is 4.55 Å². The molecule has 0 atom stereocenters. The van der Waals surface area contributed by atoms with E-state index in [9.17, 15) is 87.6 Å². The SMILES string of the molecule is CCC(C)(C)c1ccc([I+]c2ccc(C(C)(C)CC)cc2)cc1.O=S(=O)([O-])C(F)(F)C(F)(F)C(F)(F)C(F)(F)C(F)(F)C(F)(F)C(F)(F)C(F)(F)F. The molecule has 0 bridgehead atoms. The summed E-state index contributed by atoms with van der Waals surface area (Å²) in [4.78, 5) is 0. The van der Waals surface area contributed by atoms with Crippen LogP contribution in [0.3, 0.4) is 0 Å². The molecule has 0 saturated heterocycles. The largest absolute Gasteiger partial charge is 0.743 e. The van der Waals surface area contributed by atoms with Crippen LogP contribution in [0.5, 0.6) is 0 Å². The van der Waals surface area contributed by atoms with Crippen molar-refractivity contribution in [2.75, 3.05) is 0 Å². The van der Waals surface area contributed by atoms with Crippen LogP contribution < -0.4 is 21.2 Å². The summed E-state index contributed by atoms with van der Waals surface area (Å²) in [6.07, 6.45) is -5.54. The van der Waals surface area contributed by atoms with Crippen molar-refractivity contribution in [1.82, 2.24) is 0 Å². The van der Waals surface area contributed by atoms with E-state index in [-0.39, 0.29) is 32.0 Å². The van der Waals surface area contributed by atoms with E-state index in [1.807, 2.05) is 0 Å². The molecule has 3 nitrogen and oxygen atoms in total. The molecule has 52 heavy (non-hydrogen) atoms. The van der Waals surface area contributed by atoms with Crippen LogP contribution in [0.1, 0.15) is 65.5 Å². The zero-order valence-corrected chi connectivity index (χ0v) is 30.4. The van der Waals surface area contributed by atoms with Crippen LogP contribution in [-0.4, -0.2) is 59.9 Å². The second-order valence-corrected chi connectivity index (χ2v) is 16.9. The number of hydrogen-bond acceptors (Lipinski definition) is 3. The normalized spacial score (nSPS) is 14.9. The fraction of sp³-hybridized carbons (Fsp3) is 0.600. The highest BCUT2D eigenvalue weighted by molar-refractivity contribution is 7.86. The number of halogens is 18. The van der Waals surface area contributed by atoms with Gasteiger partial charge in [0.25, 0.3) is 0 Å². The van der Waals surface area contributed by atoms with Crippen molar-refractivity contribution < 1.29 is 109 Å². The van der Waals surface area contributed by atoms with E-state index < -0.39 is 57.1 Å². The Hall–Kier alpha value is -2.11. The summed E-state index contributed by atoms with van der Waals surface area (Å²) >= 11 is -0.0793. The Kier molecular flexibility index (Phi) is 13.7. The molecule has 22 heteroatoms. The third-order valence-corrected chi connectivity index (χ3v) is 11.8. The van der Waals surface area contributed by atoms with Crippen molar-refractivity contribution >= 4 is 10.1 Å². The summed E-state index contributed by atoms with van der Waals surface area (Å²) in [6.45, 7) is 13.8. The molecule has 0 N–H and O–H groups in total. The van der Waals surface area contributed by atoms with Crippen molar-refractivity contribution in [3.05, 3.63) is 66.8 Å². The van der Waals surface area contributed by atoms with Gasteiger partial charge in [-0.25, -0.2) is 8.42 Å². The van der Waals surface area contributed by atoms with Crippen LogP contribution in [0.15, 0.2) is 48.5 Å². The fourth-order valence-corrected chi connectivity index (χ4v) is 6.37. The van der Waals surface area contributed by atoms with Crippen LogP contribution >= 0.6 is 0 Å². The summed E-state index contributed by atoms with van der Waals surface area (Å²) in [5.41, 5.74) is 3.47. The van der Waals surface area contributed by atoms with Crippen LogP contribution in [0.4, 0.5) is 74.6 Å². The lowest BCUT2D eigenvalue weighted by atomic mass is 9.82. The highest BCUT2D eigenvalue weighted by Crippen LogP contribution is 2.64. The first kappa shape index (κ1) is 47.9. The lowest BCUT2D eigenvalue weighted by Crippen LogP contribution is -3.61. The van der Waals surface area contributed by atoms with Crippen LogP contribution in [0.2, 0.25) is 0 Å². The first-order valence-electron chi connectivity index (χ1n) is 14.3. The molecule has 0 radical (unpaired) electrons. The van der Waals surface area contributed by atoms with E-state index in [0.717, 1.165) is 0 Å². The molecular weight excluding hydrogens is 890 g/mol. The van der Waals surface area contributed by atoms with Gasteiger partial charge in [-0.2, -0.15) is 74.6 Å². The first-order valence-corrected chi connectivity index (χ1v) is 17.9. The van der Waals surface area contributed by atoms with Crippen molar-refractivity contribution in [1.29, 1.82) is 0 Å². The van der Waals surface area contributed by atoms with Gasteiger partial charge >= 0.3 is 68.2 Å². The van der Waals surface area contributed by atoms with E-state index in [4.69, 9.17) is 0 Å². The Morgan fingerprint density at radius 1 is 0.481 bits per heavy atom. The summed E-state index contributed by atoms with van der Waals surface area (Å²) in [6, 6.07) is 18.7. The minimum Gasteiger partial charge on any atom is -0.743 e. The molecule has 0 aliphatic rings. The third kappa shape index (κ3) is 8.41. The zero-order chi connectivity index (χ0) is 41.6.